The number of hydrogen-bond donors (Lipinski definition) is 0. The first-order valence-electron chi connectivity index (χ1n) is 5.80. The first kappa shape index (κ1) is 20.3. The summed E-state index contributed by atoms with van der Waals surface area (Å²) in [5.74, 6) is 1.33. The maximum atomic E-state index is 12.4. The van der Waals surface area contributed by atoms with E-state index in [2.05, 4.69) is 29.8 Å². The van der Waals surface area contributed by atoms with Gasteiger partial charge in [0.2, 0.25) is 0 Å². The number of halogens is 2. The van der Waals surface area contributed by atoms with Crippen LogP contribution in [-0.2, 0) is 0 Å². The average Bonchev–Trinajstić information content (AvgIpc) is 2.35. The van der Waals surface area contributed by atoms with Crippen LogP contribution in [0.3, 0.4) is 0 Å². The molecule has 7 heteroatoms. The van der Waals surface area contributed by atoms with Gasteiger partial charge in [0.25, 0.3) is 0 Å². The van der Waals surface area contributed by atoms with Gasteiger partial charge in [-0.3, -0.25) is 4.79 Å². The zero-order valence-corrected chi connectivity index (χ0v) is 15.7. The van der Waals surface area contributed by atoms with Gasteiger partial charge in [-0.1, -0.05) is 25.4 Å². The van der Waals surface area contributed by atoms with E-state index >= 15 is 0 Å². The summed E-state index contributed by atoms with van der Waals surface area (Å²) < 4.78 is 11.2. The minimum atomic E-state index is 0. The van der Waals surface area contributed by atoms with Crippen LogP contribution in [0, 0.1) is 5.92 Å². The second-order valence-electron chi connectivity index (χ2n) is 4.39. The van der Waals surface area contributed by atoms with E-state index in [1.54, 1.807) is 6.07 Å². The molecule has 0 aliphatic rings. The minimum absolute atomic E-state index is 0. The van der Waals surface area contributed by atoms with Crippen molar-refractivity contribution in [1.82, 2.24) is 0 Å². The van der Waals surface area contributed by atoms with Crippen LogP contribution < -0.4 is 28.3 Å². The quantitative estimate of drug-likeness (QED) is 0.561. The van der Waals surface area contributed by atoms with Crippen molar-refractivity contribution in [2.45, 2.75) is 13.8 Å². The SMILES string of the molecule is COc1c(Cl)cc(Br)c(OC)c1C(=O)PCC(C)C.[H-].[Li+]. The van der Waals surface area contributed by atoms with Crippen molar-refractivity contribution in [1.29, 1.82) is 0 Å². The predicted octanol–water partition coefficient (Wildman–Crippen LogP) is 1.71. The normalized spacial score (nSPS) is 10.8. The summed E-state index contributed by atoms with van der Waals surface area (Å²) in [5.41, 5.74) is 0.425. The van der Waals surface area contributed by atoms with Crippen molar-refractivity contribution in [2.24, 2.45) is 5.92 Å². The molecule has 1 aromatic carbocycles. The largest absolute Gasteiger partial charge is 1.00 e. The minimum Gasteiger partial charge on any atom is -1.00 e. The summed E-state index contributed by atoms with van der Waals surface area (Å²) in [7, 11) is 3.20. The van der Waals surface area contributed by atoms with Gasteiger partial charge in [-0.05, 0) is 42.7 Å². The van der Waals surface area contributed by atoms with Crippen molar-refractivity contribution in [3.05, 3.63) is 21.1 Å². The van der Waals surface area contributed by atoms with Crippen LogP contribution in [0.5, 0.6) is 11.5 Å². The summed E-state index contributed by atoms with van der Waals surface area (Å²) in [6.45, 7) is 4.17. The third-order valence-electron chi connectivity index (χ3n) is 2.45. The number of methoxy groups -OCH3 is 2. The topological polar surface area (TPSA) is 35.5 Å². The van der Waals surface area contributed by atoms with Crippen LogP contribution >= 0.6 is 36.1 Å². The van der Waals surface area contributed by atoms with Gasteiger partial charge in [0.1, 0.15) is 11.3 Å². The molecule has 0 aromatic heterocycles. The molecule has 108 valence electrons. The van der Waals surface area contributed by atoms with Crippen LogP contribution in [0.1, 0.15) is 25.6 Å². The second kappa shape index (κ2) is 9.33. The standard InChI is InChI=1S/C13H17BrClO3P.Li.H/c1-7(2)6-19-13(16)10-11(17-3)8(14)5-9(15)12(10)18-4;;/h5,7,19H,6H2,1-4H3;;/q;+1;-1. The van der Waals surface area contributed by atoms with Crippen molar-refractivity contribution in [3.63, 3.8) is 0 Å². The summed E-state index contributed by atoms with van der Waals surface area (Å²) in [5, 5.41) is 0.396. The van der Waals surface area contributed by atoms with Gasteiger partial charge in [0.15, 0.2) is 11.3 Å². The van der Waals surface area contributed by atoms with Gasteiger partial charge >= 0.3 is 18.9 Å². The average molecular weight is 376 g/mol. The Balaban J connectivity index is 0. The molecule has 1 unspecified atom stereocenters. The molecule has 1 rings (SSSR count). The number of ether oxygens (including phenoxy) is 2. The van der Waals surface area contributed by atoms with E-state index in [9.17, 15) is 4.79 Å². The molecular formula is C13H18BrClLiO3P. The maximum Gasteiger partial charge on any atom is 1.00 e. The van der Waals surface area contributed by atoms with Crippen LogP contribution in [0.15, 0.2) is 10.5 Å². The molecule has 0 aliphatic heterocycles. The van der Waals surface area contributed by atoms with Crippen molar-refractivity contribution >= 4 is 41.6 Å². The van der Waals surface area contributed by atoms with E-state index in [1.165, 1.54) is 14.2 Å². The van der Waals surface area contributed by atoms with E-state index in [0.717, 1.165) is 6.16 Å². The zero-order valence-electron chi connectivity index (χ0n) is 13.3. The molecule has 0 heterocycles. The first-order chi connectivity index (χ1) is 8.92. The first-order valence-corrected chi connectivity index (χ1v) is 8.18. The molecule has 0 saturated heterocycles. The molecule has 0 N–H and O–H groups in total. The Labute approximate surface area is 148 Å². The third-order valence-corrected chi connectivity index (χ3v) is 4.91. The van der Waals surface area contributed by atoms with E-state index in [-0.39, 0.29) is 34.4 Å². The van der Waals surface area contributed by atoms with Crippen LogP contribution in [0.2, 0.25) is 5.02 Å². The van der Waals surface area contributed by atoms with Gasteiger partial charge < -0.3 is 10.9 Å². The number of benzene rings is 1. The molecule has 0 amide bonds. The fourth-order valence-corrected chi connectivity index (χ4v) is 3.57. The van der Waals surface area contributed by atoms with E-state index in [4.69, 9.17) is 21.1 Å². The summed E-state index contributed by atoms with van der Waals surface area (Å²) in [6.07, 6.45) is 0.843. The Morgan fingerprint density at radius 1 is 1.40 bits per heavy atom. The number of carbonyl (C=O) groups excluding carboxylic acids is 1. The van der Waals surface area contributed by atoms with Gasteiger partial charge in [-0.15, -0.1) is 0 Å². The molecule has 0 bridgehead atoms. The van der Waals surface area contributed by atoms with Crippen LogP contribution in [0.25, 0.3) is 0 Å². The molecule has 0 aliphatic carbocycles. The monoisotopic (exact) mass is 374 g/mol. The van der Waals surface area contributed by atoms with Gasteiger partial charge in [0, 0.05) is 0 Å². The Morgan fingerprint density at radius 3 is 2.40 bits per heavy atom. The molecule has 1 atom stereocenters. The van der Waals surface area contributed by atoms with E-state index < -0.39 is 0 Å². The molecular weight excluding hydrogens is 357 g/mol. The molecule has 0 radical (unpaired) electrons. The molecule has 0 saturated carbocycles. The fourth-order valence-electron chi connectivity index (χ4n) is 1.57. The van der Waals surface area contributed by atoms with Crippen molar-refractivity contribution in [3.8, 4) is 11.5 Å². The van der Waals surface area contributed by atoms with Gasteiger partial charge in [0.05, 0.1) is 23.7 Å². The number of hydrogen-bond acceptors (Lipinski definition) is 3. The molecule has 3 nitrogen and oxygen atoms in total. The number of rotatable bonds is 6. The van der Waals surface area contributed by atoms with Crippen molar-refractivity contribution < 1.29 is 34.6 Å². The third kappa shape index (κ3) is 4.93. The Hall–Kier alpha value is 0.287. The van der Waals surface area contributed by atoms with E-state index in [1.807, 2.05) is 0 Å². The molecule has 0 spiro atoms. The van der Waals surface area contributed by atoms with Crippen LogP contribution in [-0.4, -0.2) is 25.9 Å². The Morgan fingerprint density at radius 2 is 1.95 bits per heavy atom. The summed E-state index contributed by atoms with van der Waals surface area (Å²) in [6, 6.07) is 1.67. The Bertz CT molecular complexity index is 461. The smallest absolute Gasteiger partial charge is 1.00 e. The zero-order chi connectivity index (χ0) is 14.6. The maximum absolute atomic E-state index is 12.4. The molecule has 20 heavy (non-hydrogen) atoms. The van der Waals surface area contributed by atoms with Crippen molar-refractivity contribution in [2.75, 3.05) is 20.4 Å². The summed E-state index contributed by atoms with van der Waals surface area (Å²) >= 11 is 9.47. The Kier molecular flexibility index (Phi) is 9.47. The van der Waals surface area contributed by atoms with Crippen LogP contribution in [0.4, 0.5) is 0 Å². The van der Waals surface area contributed by atoms with E-state index in [0.29, 0.717) is 32.5 Å². The number of carbonyl (C=O) groups is 1. The van der Waals surface area contributed by atoms with Gasteiger partial charge in [-0.2, -0.15) is 0 Å². The predicted molar refractivity (Wildman–Crippen MR) is 85.7 cm³/mol. The molecule has 0 fully saturated rings. The second-order valence-corrected chi connectivity index (χ2v) is 6.86. The molecule has 1 aromatic rings. The van der Waals surface area contributed by atoms with Gasteiger partial charge in [-0.25, -0.2) is 0 Å². The summed E-state index contributed by atoms with van der Waals surface area (Å²) in [4.78, 5) is 12.4. The fraction of sp³-hybridized carbons (Fsp3) is 0.462.